The first-order valence-corrected chi connectivity index (χ1v) is 6.53. The van der Waals surface area contributed by atoms with E-state index >= 15 is 0 Å². The average Bonchev–Trinajstić information content (AvgIpc) is 2.40. The molecule has 2 nitrogen and oxygen atoms in total. The Balaban J connectivity index is 2.06. The molecule has 2 heteroatoms. The molecule has 2 aromatic carbocycles. The smallest absolute Gasteiger partial charge is 0.143 e. The predicted octanol–water partition coefficient (Wildman–Crippen LogP) is 3.28. The van der Waals surface area contributed by atoms with Crippen LogP contribution in [0.3, 0.4) is 0 Å². The molecular weight excluding hydrogens is 234 g/mol. The van der Waals surface area contributed by atoms with E-state index in [1.807, 2.05) is 36.4 Å². The Kier molecular flexibility index (Phi) is 4.87. The van der Waals surface area contributed by atoms with E-state index in [-0.39, 0.29) is 5.78 Å². The Labute approximate surface area is 114 Å². The number of Topliss-reactive ketones (excluding diaryl/α,β-unsaturated/α-hetero) is 1. The average molecular weight is 253 g/mol. The monoisotopic (exact) mass is 253 g/mol. The number of benzene rings is 2. The van der Waals surface area contributed by atoms with Crippen molar-refractivity contribution in [1.82, 2.24) is 4.90 Å². The number of hydrogen-bond acceptors (Lipinski definition) is 2. The van der Waals surface area contributed by atoms with E-state index in [1.54, 1.807) is 6.92 Å². The van der Waals surface area contributed by atoms with Crippen molar-refractivity contribution in [3.63, 3.8) is 0 Å². The lowest BCUT2D eigenvalue weighted by atomic mass is 10.1. The van der Waals surface area contributed by atoms with Crippen LogP contribution in [-0.2, 0) is 17.9 Å². The summed E-state index contributed by atoms with van der Waals surface area (Å²) in [6, 6.07) is 20.5. The van der Waals surface area contributed by atoms with Gasteiger partial charge < -0.3 is 0 Å². The highest BCUT2D eigenvalue weighted by atomic mass is 16.1. The normalized spacial score (nSPS) is 10.6. The molecule has 0 aliphatic heterocycles. The number of carbonyl (C=O) groups excluding carboxylic acids is 1. The topological polar surface area (TPSA) is 20.3 Å². The van der Waals surface area contributed by atoms with Crippen molar-refractivity contribution >= 4 is 5.78 Å². The fourth-order valence-electron chi connectivity index (χ4n) is 2.17. The van der Waals surface area contributed by atoms with Crippen LogP contribution in [0.15, 0.2) is 60.7 Å². The predicted molar refractivity (Wildman–Crippen MR) is 77.7 cm³/mol. The van der Waals surface area contributed by atoms with E-state index in [9.17, 15) is 4.79 Å². The Morgan fingerprint density at radius 2 is 1.26 bits per heavy atom. The standard InChI is InChI=1S/C17H19NO/c1-15(19)12-18(13-16-8-4-2-5-9-16)14-17-10-6-3-7-11-17/h2-11H,12-14H2,1H3. The fraction of sp³-hybridized carbons (Fsp3) is 0.235. The van der Waals surface area contributed by atoms with Crippen LogP contribution in [0.1, 0.15) is 18.1 Å². The Morgan fingerprint density at radius 1 is 0.842 bits per heavy atom. The van der Waals surface area contributed by atoms with Crippen LogP contribution in [0.25, 0.3) is 0 Å². The van der Waals surface area contributed by atoms with Gasteiger partial charge in [0.1, 0.15) is 5.78 Å². The van der Waals surface area contributed by atoms with Crippen molar-refractivity contribution in [2.75, 3.05) is 6.54 Å². The summed E-state index contributed by atoms with van der Waals surface area (Å²) in [7, 11) is 0. The first-order valence-electron chi connectivity index (χ1n) is 6.53. The number of rotatable bonds is 6. The second kappa shape index (κ2) is 6.86. The van der Waals surface area contributed by atoms with Gasteiger partial charge in [0, 0.05) is 13.1 Å². The molecule has 0 saturated heterocycles. The van der Waals surface area contributed by atoms with Crippen LogP contribution in [0.2, 0.25) is 0 Å². The lowest BCUT2D eigenvalue weighted by Gasteiger charge is -2.21. The molecule has 0 aliphatic carbocycles. The number of carbonyl (C=O) groups is 1. The third-order valence-electron chi connectivity index (χ3n) is 2.94. The molecule has 0 saturated carbocycles. The van der Waals surface area contributed by atoms with Gasteiger partial charge in [-0.2, -0.15) is 0 Å². The minimum Gasteiger partial charge on any atom is -0.299 e. The summed E-state index contributed by atoms with van der Waals surface area (Å²) in [6.07, 6.45) is 0. The Bertz CT molecular complexity index is 466. The molecule has 0 amide bonds. The summed E-state index contributed by atoms with van der Waals surface area (Å²) in [5.41, 5.74) is 2.47. The van der Waals surface area contributed by atoms with Gasteiger partial charge in [-0.15, -0.1) is 0 Å². The molecule has 0 atom stereocenters. The first kappa shape index (κ1) is 13.5. The van der Waals surface area contributed by atoms with Crippen molar-refractivity contribution in [2.45, 2.75) is 20.0 Å². The van der Waals surface area contributed by atoms with Gasteiger partial charge in [0.05, 0.1) is 6.54 Å². The van der Waals surface area contributed by atoms with Gasteiger partial charge >= 0.3 is 0 Å². The zero-order valence-electron chi connectivity index (χ0n) is 11.3. The molecule has 0 spiro atoms. The molecule has 98 valence electrons. The highest BCUT2D eigenvalue weighted by Crippen LogP contribution is 2.09. The Morgan fingerprint density at radius 3 is 1.63 bits per heavy atom. The van der Waals surface area contributed by atoms with Gasteiger partial charge in [-0.3, -0.25) is 9.69 Å². The number of hydrogen-bond donors (Lipinski definition) is 0. The molecule has 0 fully saturated rings. The molecule has 2 rings (SSSR count). The quantitative estimate of drug-likeness (QED) is 0.787. The van der Waals surface area contributed by atoms with Crippen LogP contribution in [-0.4, -0.2) is 17.2 Å². The van der Waals surface area contributed by atoms with Gasteiger partial charge in [0.25, 0.3) is 0 Å². The molecule has 0 radical (unpaired) electrons. The summed E-state index contributed by atoms with van der Waals surface area (Å²) in [5.74, 6) is 0.201. The van der Waals surface area contributed by atoms with Gasteiger partial charge in [0.2, 0.25) is 0 Å². The van der Waals surface area contributed by atoms with Crippen molar-refractivity contribution in [3.05, 3.63) is 71.8 Å². The minimum absolute atomic E-state index is 0.201. The van der Waals surface area contributed by atoms with Gasteiger partial charge in [-0.1, -0.05) is 60.7 Å². The summed E-state index contributed by atoms with van der Waals surface area (Å²) in [4.78, 5) is 13.6. The molecule has 0 unspecified atom stereocenters. The van der Waals surface area contributed by atoms with Crippen LogP contribution >= 0.6 is 0 Å². The maximum atomic E-state index is 11.4. The van der Waals surface area contributed by atoms with Crippen LogP contribution in [0.4, 0.5) is 0 Å². The third kappa shape index (κ3) is 4.68. The van der Waals surface area contributed by atoms with Gasteiger partial charge in [0.15, 0.2) is 0 Å². The van der Waals surface area contributed by atoms with E-state index in [4.69, 9.17) is 0 Å². The zero-order valence-corrected chi connectivity index (χ0v) is 11.3. The molecule has 0 bridgehead atoms. The number of nitrogens with zero attached hydrogens (tertiary/aromatic N) is 1. The van der Waals surface area contributed by atoms with Crippen molar-refractivity contribution in [2.24, 2.45) is 0 Å². The molecule has 0 aromatic heterocycles. The van der Waals surface area contributed by atoms with Crippen molar-refractivity contribution < 1.29 is 4.79 Å². The lowest BCUT2D eigenvalue weighted by molar-refractivity contribution is -0.118. The van der Waals surface area contributed by atoms with Gasteiger partial charge in [-0.25, -0.2) is 0 Å². The fourth-order valence-corrected chi connectivity index (χ4v) is 2.17. The highest BCUT2D eigenvalue weighted by Gasteiger charge is 2.09. The maximum Gasteiger partial charge on any atom is 0.143 e. The summed E-state index contributed by atoms with van der Waals surface area (Å²) >= 11 is 0. The van der Waals surface area contributed by atoms with E-state index in [0.717, 1.165) is 13.1 Å². The van der Waals surface area contributed by atoms with Crippen molar-refractivity contribution in [1.29, 1.82) is 0 Å². The lowest BCUT2D eigenvalue weighted by Crippen LogP contribution is -2.27. The molecule has 2 aromatic rings. The summed E-state index contributed by atoms with van der Waals surface area (Å²) in [6.45, 7) is 3.73. The van der Waals surface area contributed by atoms with E-state index < -0.39 is 0 Å². The number of ketones is 1. The molecule has 19 heavy (non-hydrogen) atoms. The maximum absolute atomic E-state index is 11.4. The Hall–Kier alpha value is -1.93. The van der Waals surface area contributed by atoms with Crippen molar-refractivity contribution in [3.8, 4) is 0 Å². The van der Waals surface area contributed by atoms with E-state index in [0.29, 0.717) is 6.54 Å². The van der Waals surface area contributed by atoms with Crippen LogP contribution < -0.4 is 0 Å². The second-order valence-electron chi connectivity index (χ2n) is 4.82. The zero-order chi connectivity index (χ0) is 13.5. The summed E-state index contributed by atoms with van der Waals surface area (Å²) in [5, 5.41) is 0. The molecule has 0 heterocycles. The minimum atomic E-state index is 0.201. The SMILES string of the molecule is CC(=O)CN(Cc1ccccc1)Cc1ccccc1. The van der Waals surface area contributed by atoms with E-state index in [2.05, 4.69) is 29.2 Å². The summed E-state index contributed by atoms with van der Waals surface area (Å²) < 4.78 is 0. The van der Waals surface area contributed by atoms with Crippen LogP contribution in [0.5, 0.6) is 0 Å². The van der Waals surface area contributed by atoms with E-state index in [1.165, 1.54) is 11.1 Å². The molecule has 0 aliphatic rings. The second-order valence-corrected chi connectivity index (χ2v) is 4.82. The van der Waals surface area contributed by atoms with Gasteiger partial charge in [-0.05, 0) is 18.1 Å². The third-order valence-corrected chi connectivity index (χ3v) is 2.94. The van der Waals surface area contributed by atoms with Crippen LogP contribution in [0, 0.1) is 0 Å². The largest absolute Gasteiger partial charge is 0.299 e. The molecular formula is C17H19NO. The first-order chi connectivity index (χ1) is 9.24. The highest BCUT2D eigenvalue weighted by molar-refractivity contribution is 5.77. The molecule has 0 N–H and O–H groups in total.